The van der Waals surface area contributed by atoms with Crippen molar-refractivity contribution in [3.05, 3.63) is 56.3 Å². The van der Waals surface area contributed by atoms with E-state index in [0.29, 0.717) is 21.4 Å². The number of imidazole rings is 1. The molecule has 156 valence electrons. The van der Waals surface area contributed by atoms with Crippen molar-refractivity contribution in [1.29, 1.82) is 0 Å². The van der Waals surface area contributed by atoms with Crippen LogP contribution in [0.2, 0.25) is 0 Å². The third-order valence-corrected chi connectivity index (χ3v) is 4.19. The average molecular weight is 429 g/mol. The SMILES string of the molecule is COc1cc(/C=N\NC(=O)c2ccc3[nH]c(=S)[nH]c3c2)cc([N+](=O)[O-])c1OC(C)C. The molecule has 2 aromatic carbocycles. The Hall–Kier alpha value is -3.73. The standard InChI is InChI=1S/C19H19N5O5S/c1-10(2)29-17-15(24(26)27)6-11(7-16(17)28-3)9-20-23-18(25)12-4-5-13-14(8-12)22-19(30)21-13/h4-10H,1-3H3,(H,23,25)(H2,21,22,30)/b20-9-. The number of aromatic amines is 2. The van der Waals surface area contributed by atoms with Crippen LogP contribution in [-0.2, 0) is 0 Å². The third-order valence-electron chi connectivity index (χ3n) is 3.99. The fourth-order valence-electron chi connectivity index (χ4n) is 2.73. The minimum atomic E-state index is -0.563. The summed E-state index contributed by atoms with van der Waals surface area (Å²) < 4.78 is 11.2. The Bertz CT molecular complexity index is 1200. The Balaban J connectivity index is 1.82. The summed E-state index contributed by atoms with van der Waals surface area (Å²) in [4.78, 5) is 29.1. The minimum absolute atomic E-state index is 0.0378. The molecule has 3 rings (SSSR count). The van der Waals surface area contributed by atoms with E-state index < -0.39 is 10.8 Å². The van der Waals surface area contributed by atoms with Gasteiger partial charge in [-0.1, -0.05) is 0 Å². The van der Waals surface area contributed by atoms with E-state index in [2.05, 4.69) is 20.5 Å². The second-order valence-electron chi connectivity index (χ2n) is 6.53. The molecule has 1 heterocycles. The first-order valence-electron chi connectivity index (χ1n) is 8.87. The van der Waals surface area contributed by atoms with Crippen LogP contribution < -0.4 is 14.9 Å². The molecule has 1 aromatic heterocycles. The lowest BCUT2D eigenvalue weighted by Crippen LogP contribution is -2.17. The van der Waals surface area contributed by atoms with Gasteiger partial charge in [0.05, 0.1) is 35.4 Å². The number of benzene rings is 2. The topological polar surface area (TPSA) is 135 Å². The second kappa shape index (κ2) is 8.74. The summed E-state index contributed by atoms with van der Waals surface area (Å²) >= 11 is 5.03. The van der Waals surface area contributed by atoms with Gasteiger partial charge in [-0.3, -0.25) is 14.9 Å². The van der Waals surface area contributed by atoms with Gasteiger partial charge in [-0.2, -0.15) is 5.10 Å². The van der Waals surface area contributed by atoms with Gasteiger partial charge in [0.2, 0.25) is 5.75 Å². The summed E-state index contributed by atoms with van der Waals surface area (Å²) in [5.41, 5.74) is 4.33. The van der Waals surface area contributed by atoms with Crippen molar-refractivity contribution in [1.82, 2.24) is 15.4 Å². The predicted octanol–water partition coefficient (Wildman–Crippen LogP) is 3.69. The van der Waals surface area contributed by atoms with Gasteiger partial charge >= 0.3 is 5.69 Å². The quantitative estimate of drug-likeness (QED) is 0.227. The lowest BCUT2D eigenvalue weighted by atomic mass is 10.2. The second-order valence-corrected chi connectivity index (χ2v) is 6.94. The molecule has 0 aliphatic carbocycles. The van der Waals surface area contributed by atoms with Crippen molar-refractivity contribution in [3.63, 3.8) is 0 Å². The number of nitro benzene ring substituents is 1. The molecule has 0 radical (unpaired) electrons. The van der Waals surface area contributed by atoms with Gasteiger partial charge in [0.15, 0.2) is 10.5 Å². The van der Waals surface area contributed by atoms with Crippen molar-refractivity contribution in [2.75, 3.05) is 7.11 Å². The number of fused-ring (bicyclic) bond motifs is 1. The largest absolute Gasteiger partial charge is 0.493 e. The molecule has 3 aromatic rings. The maximum absolute atomic E-state index is 12.3. The van der Waals surface area contributed by atoms with Crippen molar-refractivity contribution in [2.45, 2.75) is 20.0 Å². The highest BCUT2D eigenvalue weighted by molar-refractivity contribution is 7.71. The van der Waals surface area contributed by atoms with Crippen LogP contribution in [0, 0.1) is 14.9 Å². The first kappa shape index (κ1) is 21.0. The number of methoxy groups -OCH3 is 1. The normalized spacial score (nSPS) is 11.2. The van der Waals surface area contributed by atoms with E-state index in [1.165, 1.54) is 25.5 Å². The minimum Gasteiger partial charge on any atom is -0.493 e. The predicted molar refractivity (Wildman–Crippen MR) is 114 cm³/mol. The van der Waals surface area contributed by atoms with E-state index in [0.717, 1.165) is 5.52 Å². The molecule has 1 amide bonds. The van der Waals surface area contributed by atoms with Crippen LogP contribution in [0.5, 0.6) is 11.5 Å². The highest BCUT2D eigenvalue weighted by Crippen LogP contribution is 2.38. The molecule has 0 atom stereocenters. The molecule has 0 bridgehead atoms. The van der Waals surface area contributed by atoms with E-state index in [1.807, 2.05) is 0 Å². The Morgan fingerprint density at radius 2 is 2.00 bits per heavy atom. The van der Waals surface area contributed by atoms with Crippen LogP contribution in [0.15, 0.2) is 35.4 Å². The fourth-order valence-corrected chi connectivity index (χ4v) is 2.95. The number of nitro groups is 1. The highest BCUT2D eigenvalue weighted by atomic mass is 32.1. The summed E-state index contributed by atoms with van der Waals surface area (Å²) in [5, 5.41) is 15.3. The summed E-state index contributed by atoms with van der Waals surface area (Å²) in [5.74, 6) is -0.218. The van der Waals surface area contributed by atoms with Crippen LogP contribution in [0.4, 0.5) is 5.69 Å². The zero-order chi connectivity index (χ0) is 21.8. The molecule has 0 aliphatic rings. The first-order chi connectivity index (χ1) is 14.3. The lowest BCUT2D eigenvalue weighted by Gasteiger charge is -2.14. The number of nitrogens with zero attached hydrogens (tertiary/aromatic N) is 2. The Kier molecular flexibility index (Phi) is 6.11. The molecule has 0 fully saturated rings. The molecule has 10 nitrogen and oxygen atoms in total. The summed E-state index contributed by atoms with van der Waals surface area (Å²) in [7, 11) is 1.39. The molecule has 30 heavy (non-hydrogen) atoms. The zero-order valence-corrected chi connectivity index (χ0v) is 17.2. The molecule has 3 N–H and O–H groups in total. The van der Waals surface area contributed by atoms with E-state index in [-0.39, 0.29) is 23.3 Å². The maximum atomic E-state index is 12.3. The van der Waals surface area contributed by atoms with Crippen LogP contribution >= 0.6 is 12.2 Å². The van der Waals surface area contributed by atoms with Crippen LogP contribution in [0.1, 0.15) is 29.8 Å². The molecular weight excluding hydrogens is 410 g/mol. The van der Waals surface area contributed by atoms with Crippen molar-refractivity contribution < 1.29 is 19.2 Å². The molecule has 0 saturated heterocycles. The number of nitrogens with one attached hydrogen (secondary N) is 3. The van der Waals surface area contributed by atoms with Crippen LogP contribution in [-0.4, -0.2) is 40.2 Å². The average Bonchev–Trinajstić information content (AvgIpc) is 3.07. The summed E-state index contributed by atoms with van der Waals surface area (Å²) in [6.45, 7) is 3.51. The van der Waals surface area contributed by atoms with Gasteiger partial charge in [0, 0.05) is 17.2 Å². The number of carbonyl (C=O) groups is 1. The summed E-state index contributed by atoms with van der Waals surface area (Å²) in [6.07, 6.45) is 1.01. The van der Waals surface area contributed by atoms with Gasteiger partial charge < -0.3 is 19.4 Å². The Labute approximate surface area is 176 Å². The number of aromatic nitrogens is 2. The highest BCUT2D eigenvalue weighted by Gasteiger charge is 2.23. The molecule has 0 aliphatic heterocycles. The lowest BCUT2D eigenvalue weighted by molar-refractivity contribution is -0.386. The van der Waals surface area contributed by atoms with Gasteiger partial charge in [-0.05, 0) is 50.3 Å². The first-order valence-corrected chi connectivity index (χ1v) is 9.28. The number of hydrogen-bond donors (Lipinski definition) is 3. The monoisotopic (exact) mass is 429 g/mol. The molecular formula is C19H19N5O5S. The van der Waals surface area contributed by atoms with E-state index in [4.69, 9.17) is 21.7 Å². The van der Waals surface area contributed by atoms with Crippen LogP contribution in [0.25, 0.3) is 11.0 Å². The number of H-pyrrole nitrogens is 2. The number of amides is 1. The maximum Gasteiger partial charge on any atom is 0.315 e. The van der Waals surface area contributed by atoms with Crippen molar-refractivity contribution >= 4 is 41.1 Å². The van der Waals surface area contributed by atoms with Crippen molar-refractivity contribution in [3.8, 4) is 11.5 Å². The van der Waals surface area contributed by atoms with Crippen LogP contribution in [0.3, 0.4) is 0 Å². The molecule has 11 heteroatoms. The number of ether oxygens (including phenoxy) is 2. The number of carbonyl (C=O) groups excluding carboxylic acids is 1. The smallest absolute Gasteiger partial charge is 0.315 e. The summed E-state index contributed by atoms with van der Waals surface area (Å²) in [6, 6.07) is 7.81. The third kappa shape index (κ3) is 4.63. The number of rotatable bonds is 7. The van der Waals surface area contributed by atoms with Gasteiger partial charge in [0.25, 0.3) is 5.91 Å². The van der Waals surface area contributed by atoms with E-state index in [1.54, 1.807) is 32.0 Å². The van der Waals surface area contributed by atoms with Gasteiger partial charge in [-0.15, -0.1) is 0 Å². The number of hydrogen-bond acceptors (Lipinski definition) is 7. The van der Waals surface area contributed by atoms with Gasteiger partial charge in [0.1, 0.15) is 0 Å². The molecule has 0 unspecified atom stereocenters. The zero-order valence-electron chi connectivity index (χ0n) is 16.4. The van der Waals surface area contributed by atoms with E-state index >= 15 is 0 Å². The van der Waals surface area contributed by atoms with E-state index in [9.17, 15) is 14.9 Å². The Morgan fingerprint density at radius 3 is 2.67 bits per heavy atom. The molecule has 0 spiro atoms. The van der Waals surface area contributed by atoms with Crippen molar-refractivity contribution in [2.24, 2.45) is 5.10 Å². The van der Waals surface area contributed by atoms with Gasteiger partial charge in [-0.25, -0.2) is 5.43 Å². The number of hydrazone groups is 1. The molecule has 0 saturated carbocycles. The Morgan fingerprint density at radius 1 is 1.27 bits per heavy atom. The fraction of sp³-hybridized carbons (Fsp3) is 0.211.